The summed E-state index contributed by atoms with van der Waals surface area (Å²) in [6.07, 6.45) is 6.48. The van der Waals surface area contributed by atoms with Crippen molar-refractivity contribution in [1.29, 1.82) is 0 Å². The Morgan fingerprint density at radius 3 is 2.32 bits per heavy atom. The zero-order valence-corrected chi connectivity index (χ0v) is 14.9. The largest absolute Gasteiger partial charge is 0.347 e. The molecule has 2 aliphatic rings. The van der Waals surface area contributed by atoms with E-state index in [9.17, 15) is 14.4 Å². The van der Waals surface area contributed by atoms with E-state index < -0.39 is 17.7 Å². The summed E-state index contributed by atoms with van der Waals surface area (Å²) in [4.78, 5) is 39.1. The first kappa shape index (κ1) is 17.9. The fourth-order valence-corrected chi connectivity index (χ4v) is 3.82. The first-order valence-electron chi connectivity index (χ1n) is 8.97. The van der Waals surface area contributed by atoms with Gasteiger partial charge in [0.2, 0.25) is 5.78 Å². The highest BCUT2D eigenvalue weighted by molar-refractivity contribution is 6.38. The third-order valence-corrected chi connectivity index (χ3v) is 5.32. The minimum absolute atomic E-state index is 0.0898. The molecule has 1 heterocycles. The second kappa shape index (κ2) is 8.00. The molecule has 0 bridgehead atoms. The molecule has 2 fully saturated rings. The monoisotopic (exact) mass is 362 g/mol. The number of nitrogens with one attached hydrogen (secondary N) is 1. The van der Waals surface area contributed by atoms with Crippen LogP contribution in [0.1, 0.15) is 55.3 Å². The van der Waals surface area contributed by atoms with Crippen LogP contribution >= 0.6 is 11.6 Å². The second-order valence-electron chi connectivity index (χ2n) is 6.84. The van der Waals surface area contributed by atoms with Crippen LogP contribution in [0.3, 0.4) is 0 Å². The third kappa shape index (κ3) is 4.21. The Bertz CT molecular complexity index is 653. The maximum atomic E-state index is 12.7. The normalized spacial score (nSPS) is 21.2. The van der Waals surface area contributed by atoms with Crippen LogP contribution in [0, 0.1) is 0 Å². The molecule has 3 rings (SSSR count). The van der Waals surface area contributed by atoms with Gasteiger partial charge < -0.3 is 10.2 Å². The smallest absolute Gasteiger partial charge is 0.289 e. The van der Waals surface area contributed by atoms with Crippen molar-refractivity contribution in [3.05, 3.63) is 34.9 Å². The first-order valence-corrected chi connectivity index (χ1v) is 9.35. The van der Waals surface area contributed by atoms with Gasteiger partial charge in [-0.3, -0.25) is 14.4 Å². The quantitative estimate of drug-likeness (QED) is 0.837. The van der Waals surface area contributed by atoms with Crippen molar-refractivity contribution in [1.82, 2.24) is 10.2 Å². The molecule has 2 amide bonds. The van der Waals surface area contributed by atoms with Crippen LogP contribution < -0.4 is 5.32 Å². The van der Waals surface area contributed by atoms with Crippen molar-refractivity contribution < 1.29 is 14.4 Å². The summed E-state index contributed by atoms with van der Waals surface area (Å²) in [6.45, 7) is 0.495. The number of amides is 2. The number of Topliss-reactive ketones (excluding diaryl/α,β-unsaturated/α-hetero) is 1. The van der Waals surface area contributed by atoms with E-state index in [4.69, 9.17) is 11.6 Å². The van der Waals surface area contributed by atoms with Gasteiger partial charge in [-0.25, -0.2) is 0 Å². The van der Waals surface area contributed by atoms with Gasteiger partial charge >= 0.3 is 0 Å². The van der Waals surface area contributed by atoms with Crippen LogP contribution in [-0.4, -0.2) is 41.1 Å². The Kier molecular flexibility index (Phi) is 5.74. The summed E-state index contributed by atoms with van der Waals surface area (Å²) in [7, 11) is 0. The minimum atomic E-state index is -0.660. The van der Waals surface area contributed by atoms with E-state index in [1.807, 2.05) is 0 Å². The molecule has 0 spiro atoms. The summed E-state index contributed by atoms with van der Waals surface area (Å²) in [6, 6.07) is 6.02. The molecule has 1 atom stereocenters. The van der Waals surface area contributed by atoms with Crippen LogP contribution in [0.25, 0.3) is 0 Å². The average Bonchev–Trinajstić information content (AvgIpc) is 3.11. The Balaban J connectivity index is 1.65. The first-order chi connectivity index (χ1) is 12.1. The molecule has 134 valence electrons. The zero-order chi connectivity index (χ0) is 17.8. The Morgan fingerprint density at radius 1 is 0.960 bits per heavy atom. The van der Waals surface area contributed by atoms with Crippen molar-refractivity contribution in [2.45, 2.75) is 57.0 Å². The number of carbonyl (C=O) groups excluding carboxylic acids is 3. The third-order valence-electron chi connectivity index (χ3n) is 5.07. The van der Waals surface area contributed by atoms with Crippen LogP contribution in [-0.2, 0) is 9.59 Å². The fourth-order valence-electron chi connectivity index (χ4n) is 3.70. The van der Waals surface area contributed by atoms with E-state index in [0.717, 1.165) is 32.1 Å². The van der Waals surface area contributed by atoms with E-state index >= 15 is 0 Å². The number of ketones is 1. The van der Waals surface area contributed by atoms with Gasteiger partial charge in [0.05, 0.1) is 0 Å². The molecular formula is C19H23ClN2O3. The lowest BCUT2D eigenvalue weighted by atomic mass is 9.95. The summed E-state index contributed by atoms with van der Waals surface area (Å²) >= 11 is 5.86. The molecule has 0 unspecified atom stereocenters. The Hall–Kier alpha value is -1.88. The molecule has 0 radical (unpaired) electrons. The topological polar surface area (TPSA) is 66.5 Å². The molecule has 5 nitrogen and oxygen atoms in total. The Morgan fingerprint density at radius 2 is 1.64 bits per heavy atom. The van der Waals surface area contributed by atoms with Crippen molar-refractivity contribution in [2.75, 3.05) is 6.54 Å². The van der Waals surface area contributed by atoms with Crippen molar-refractivity contribution in [2.24, 2.45) is 0 Å². The number of carbonyl (C=O) groups is 3. The molecule has 1 aromatic rings. The summed E-state index contributed by atoms with van der Waals surface area (Å²) in [5, 5.41) is 3.41. The SMILES string of the molecule is O=C(NC1CCCCC1)C(=O)[C@@H]1CCCN1C(=O)c1ccc(Cl)cc1. The van der Waals surface area contributed by atoms with Gasteiger partial charge in [0.15, 0.2) is 0 Å². The number of likely N-dealkylation sites (tertiary alicyclic amines) is 1. The fraction of sp³-hybridized carbons (Fsp3) is 0.526. The lowest BCUT2D eigenvalue weighted by Gasteiger charge is -2.26. The van der Waals surface area contributed by atoms with Gasteiger partial charge in [-0.2, -0.15) is 0 Å². The van der Waals surface area contributed by atoms with Crippen LogP contribution in [0.15, 0.2) is 24.3 Å². The molecule has 6 heteroatoms. The maximum Gasteiger partial charge on any atom is 0.289 e. The number of nitrogens with zero attached hydrogens (tertiary/aromatic N) is 1. The average molecular weight is 363 g/mol. The number of benzene rings is 1. The molecule has 1 saturated heterocycles. The van der Waals surface area contributed by atoms with E-state index in [1.54, 1.807) is 24.3 Å². The van der Waals surface area contributed by atoms with Gasteiger partial charge in [0, 0.05) is 23.2 Å². The van der Waals surface area contributed by atoms with Crippen molar-refractivity contribution in [3.63, 3.8) is 0 Å². The molecule has 1 aliphatic carbocycles. The van der Waals surface area contributed by atoms with Crippen molar-refractivity contribution >= 4 is 29.2 Å². The highest BCUT2D eigenvalue weighted by Crippen LogP contribution is 2.23. The van der Waals surface area contributed by atoms with Crippen molar-refractivity contribution in [3.8, 4) is 0 Å². The number of hydrogen-bond donors (Lipinski definition) is 1. The van der Waals surface area contributed by atoms with Gasteiger partial charge in [-0.15, -0.1) is 0 Å². The number of halogens is 1. The maximum absolute atomic E-state index is 12.7. The predicted molar refractivity (Wildman–Crippen MR) is 95.5 cm³/mol. The summed E-state index contributed by atoms with van der Waals surface area (Å²) < 4.78 is 0. The van der Waals surface area contributed by atoms with E-state index in [2.05, 4.69) is 5.32 Å². The molecule has 1 saturated carbocycles. The standard InChI is InChI=1S/C19H23ClN2O3/c20-14-10-8-13(9-11-14)19(25)22-12-4-7-16(22)17(23)18(24)21-15-5-2-1-3-6-15/h8-11,15-16H,1-7,12H2,(H,21,24)/t16-/m0/s1. The molecule has 1 N–H and O–H groups in total. The molecule has 1 aliphatic heterocycles. The van der Waals surface area contributed by atoms with E-state index in [0.29, 0.717) is 23.6 Å². The van der Waals surface area contributed by atoms with Gasteiger partial charge in [0.1, 0.15) is 6.04 Å². The molecule has 25 heavy (non-hydrogen) atoms. The van der Waals surface area contributed by atoms with Gasteiger partial charge in [-0.1, -0.05) is 30.9 Å². The van der Waals surface area contributed by atoms with Gasteiger partial charge in [-0.05, 0) is 49.9 Å². The predicted octanol–water partition coefficient (Wildman–Crippen LogP) is 2.96. The highest BCUT2D eigenvalue weighted by atomic mass is 35.5. The zero-order valence-electron chi connectivity index (χ0n) is 14.2. The molecule has 1 aromatic carbocycles. The second-order valence-corrected chi connectivity index (χ2v) is 7.27. The van der Waals surface area contributed by atoms with E-state index in [1.165, 1.54) is 11.3 Å². The summed E-state index contributed by atoms with van der Waals surface area (Å²) in [5.41, 5.74) is 0.483. The van der Waals surface area contributed by atoms with Crippen LogP contribution in [0.2, 0.25) is 5.02 Å². The van der Waals surface area contributed by atoms with Crippen LogP contribution in [0.5, 0.6) is 0 Å². The summed E-state index contributed by atoms with van der Waals surface area (Å²) in [5.74, 6) is -1.27. The number of rotatable bonds is 4. The van der Waals surface area contributed by atoms with Gasteiger partial charge in [0.25, 0.3) is 11.8 Å². The van der Waals surface area contributed by atoms with E-state index in [-0.39, 0.29) is 11.9 Å². The minimum Gasteiger partial charge on any atom is -0.347 e. The molecule has 0 aromatic heterocycles. The van der Waals surface area contributed by atoms with Crippen LogP contribution in [0.4, 0.5) is 0 Å². The lowest BCUT2D eigenvalue weighted by Crippen LogP contribution is -2.49. The highest BCUT2D eigenvalue weighted by Gasteiger charge is 2.38. The Labute approximate surface area is 152 Å². The number of hydrogen-bond acceptors (Lipinski definition) is 3. The molecular weight excluding hydrogens is 340 g/mol. The lowest BCUT2D eigenvalue weighted by molar-refractivity contribution is -0.140.